The summed E-state index contributed by atoms with van der Waals surface area (Å²) in [5.41, 5.74) is 2.64. The highest BCUT2D eigenvalue weighted by Crippen LogP contribution is 2.36. The molecule has 3 aliphatic rings. The Hall–Kier alpha value is -2.68. The molecule has 3 aliphatic heterocycles. The number of quaternary nitrogens is 1. The van der Waals surface area contributed by atoms with E-state index in [1.54, 1.807) is 23.5 Å². The molecule has 3 saturated heterocycles. The Morgan fingerprint density at radius 3 is 2.62 bits per heavy atom. The minimum absolute atomic E-state index is 0. The first-order valence-corrected chi connectivity index (χ1v) is 13.4. The summed E-state index contributed by atoms with van der Waals surface area (Å²) in [5, 5.41) is 3.96. The quantitative estimate of drug-likeness (QED) is 0.380. The first-order chi connectivity index (χ1) is 17.5. The van der Waals surface area contributed by atoms with Crippen LogP contribution in [0.1, 0.15) is 24.0 Å². The lowest BCUT2D eigenvalue weighted by Crippen LogP contribution is -3.00. The van der Waals surface area contributed by atoms with Gasteiger partial charge in [-0.1, -0.05) is 36.4 Å². The van der Waals surface area contributed by atoms with Gasteiger partial charge in [0.25, 0.3) is 0 Å². The van der Waals surface area contributed by atoms with Gasteiger partial charge in [-0.15, -0.1) is 0 Å². The number of carbonyl (C=O) groups is 1. The van der Waals surface area contributed by atoms with Gasteiger partial charge in [-0.3, -0.25) is 4.90 Å². The fraction of sp³-hybridized carbons (Fsp3) is 0.345. The van der Waals surface area contributed by atoms with E-state index < -0.39 is 11.9 Å². The Bertz CT molecular complexity index is 1200. The number of benzene rings is 2. The average Bonchev–Trinajstić information content (AvgIpc) is 3.42. The Balaban J connectivity index is 0.00000320. The zero-order valence-electron chi connectivity index (χ0n) is 20.9. The lowest BCUT2D eigenvalue weighted by atomic mass is 9.83. The van der Waals surface area contributed by atoms with Crippen LogP contribution in [0.3, 0.4) is 0 Å². The maximum absolute atomic E-state index is 14.5. The number of hydrogen-bond donors (Lipinski definition) is 0. The van der Waals surface area contributed by atoms with Crippen LogP contribution >= 0.6 is 11.3 Å². The molecule has 0 aliphatic carbocycles. The fourth-order valence-corrected chi connectivity index (χ4v) is 6.09. The van der Waals surface area contributed by atoms with Crippen molar-refractivity contribution in [3.63, 3.8) is 0 Å². The molecule has 0 radical (unpaired) electrons. The van der Waals surface area contributed by atoms with Gasteiger partial charge in [-0.25, -0.2) is 9.18 Å². The summed E-state index contributed by atoms with van der Waals surface area (Å²) < 4.78 is 26.7. The Morgan fingerprint density at radius 2 is 1.95 bits per heavy atom. The van der Waals surface area contributed by atoms with Crippen LogP contribution in [0.4, 0.5) is 14.9 Å². The lowest BCUT2D eigenvalue weighted by Gasteiger charge is -2.51. The second-order valence-electron chi connectivity index (χ2n) is 9.76. The van der Waals surface area contributed by atoms with Gasteiger partial charge in [0, 0.05) is 24.8 Å². The number of nitrogens with zero attached hydrogens (tertiary/aromatic N) is 2. The van der Waals surface area contributed by atoms with Crippen LogP contribution in [0.15, 0.2) is 71.4 Å². The molecule has 3 aromatic rings. The van der Waals surface area contributed by atoms with Crippen LogP contribution in [-0.4, -0.2) is 50.0 Å². The monoisotopic (exact) mass is 586 g/mol. The van der Waals surface area contributed by atoms with Crippen molar-refractivity contribution >= 4 is 29.2 Å². The number of halogens is 2. The summed E-state index contributed by atoms with van der Waals surface area (Å²) in [6.45, 7) is 4.29. The van der Waals surface area contributed by atoms with Crippen molar-refractivity contribution in [2.45, 2.75) is 25.5 Å². The van der Waals surface area contributed by atoms with E-state index in [0.717, 1.165) is 49.1 Å². The second-order valence-corrected chi connectivity index (χ2v) is 10.5. The maximum Gasteiger partial charge on any atom is 0.415 e. The van der Waals surface area contributed by atoms with Gasteiger partial charge < -0.3 is 30.9 Å². The van der Waals surface area contributed by atoms with E-state index in [0.29, 0.717) is 18.2 Å². The van der Waals surface area contributed by atoms with Crippen LogP contribution < -0.4 is 26.6 Å². The molecule has 8 heteroatoms. The largest absolute Gasteiger partial charge is 1.00 e. The van der Waals surface area contributed by atoms with E-state index in [4.69, 9.17) is 9.47 Å². The first-order valence-electron chi connectivity index (χ1n) is 12.4. The van der Waals surface area contributed by atoms with Crippen molar-refractivity contribution in [3.8, 4) is 5.75 Å². The molecule has 4 heterocycles. The molecular weight excluding hydrogens is 555 g/mol. The normalized spacial score (nSPS) is 22.4. The number of amides is 1. The van der Waals surface area contributed by atoms with E-state index in [-0.39, 0.29) is 28.8 Å². The maximum atomic E-state index is 14.5. The number of carbonyl (C=O) groups excluding carboxylic acids is 1. The smallest absolute Gasteiger partial charge is 0.415 e. The molecule has 2 bridgehead atoms. The Kier molecular flexibility index (Phi) is 9.05. The number of ether oxygens (including phenoxy) is 2. The van der Waals surface area contributed by atoms with E-state index >= 15 is 0 Å². The minimum atomic E-state index is -0.504. The molecule has 0 unspecified atom stereocenters. The number of hydrogen-bond acceptors (Lipinski definition) is 4. The number of piperidine rings is 3. The molecule has 1 atom stereocenters. The van der Waals surface area contributed by atoms with Crippen molar-refractivity contribution in [3.05, 3.63) is 88.4 Å². The third-order valence-corrected chi connectivity index (χ3v) is 8.22. The van der Waals surface area contributed by atoms with Crippen LogP contribution in [0.25, 0.3) is 6.08 Å². The van der Waals surface area contributed by atoms with E-state index in [1.165, 1.54) is 23.6 Å². The Morgan fingerprint density at radius 1 is 1.16 bits per heavy atom. The third-order valence-electron chi connectivity index (χ3n) is 7.48. The third kappa shape index (κ3) is 6.43. The van der Waals surface area contributed by atoms with Crippen molar-refractivity contribution in [1.82, 2.24) is 0 Å². The van der Waals surface area contributed by atoms with Crippen LogP contribution in [0, 0.1) is 11.7 Å². The minimum Gasteiger partial charge on any atom is -1.00 e. The molecule has 196 valence electrons. The van der Waals surface area contributed by atoms with Gasteiger partial charge in [-0.05, 0) is 46.2 Å². The summed E-state index contributed by atoms with van der Waals surface area (Å²) >= 11 is 1.57. The standard InChI is InChI=1S/C29H32FN2O3S.BrH/c1-34-27-10-9-25(18-26(27)30)31(19-23-13-17-36-21-23)29(33)35-28-20-32(15-11-24(28)12-16-32)14-5-8-22-6-3-2-4-7-22;/h2-10,13,17-18,21,24,28H,11-12,14-16,19-20H2,1H3;1H/q+1;/p-1/b8-5+;/t24?,28-,32?;/m0./s1. The van der Waals surface area contributed by atoms with Crippen molar-refractivity contribution < 1.29 is 40.1 Å². The molecule has 1 aromatic heterocycles. The van der Waals surface area contributed by atoms with Gasteiger partial charge >= 0.3 is 6.09 Å². The molecule has 2 aromatic carbocycles. The number of thiophene rings is 1. The number of rotatable bonds is 8. The average molecular weight is 588 g/mol. The number of anilines is 1. The molecule has 0 saturated carbocycles. The van der Waals surface area contributed by atoms with E-state index in [9.17, 15) is 9.18 Å². The highest BCUT2D eigenvalue weighted by molar-refractivity contribution is 7.07. The van der Waals surface area contributed by atoms with Crippen molar-refractivity contribution in [2.24, 2.45) is 5.92 Å². The predicted molar refractivity (Wildman–Crippen MR) is 142 cm³/mol. The number of fused-ring (bicyclic) bond motifs is 3. The van der Waals surface area contributed by atoms with E-state index in [1.807, 2.05) is 35.0 Å². The Labute approximate surface area is 232 Å². The van der Waals surface area contributed by atoms with Crippen LogP contribution in [-0.2, 0) is 11.3 Å². The van der Waals surface area contributed by atoms with Crippen molar-refractivity contribution in [2.75, 3.05) is 38.2 Å². The van der Waals surface area contributed by atoms with Gasteiger partial charge in [0.2, 0.25) is 0 Å². The molecule has 3 fully saturated rings. The van der Waals surface area contributed by atoms with Gasteiger partial charge in [-0.2, -0.15) is 11.3 Å². The topological polar surface area (TPSA) is 38.8 Å². The molecule has 1 amide bonds. The molecular formula is C29H32BrFN2O3S. The van der Waals surface area contributed by atoms with Crippen LogP contribution in [0.5, 0.6) is 5.75 Å². The van der Waals surface area contributed by atoms with Crippen LogP contribution in [0.2, 0.25) is 0 Å². The fourth-order valence-electron chi connectivity index (χ4n) is 5.43. The van der Waals surface area contributed by atoms with Crippen molar-refractivity contribution in [1.29, 1.82) is 0 Å². The number of methoxy groups -OCH3 is 1. The first kappa shape index (κ1) is 27.4. The highest BCUT2D eigenvalue weighted by atomic mass is 79.9. The summed E-state index contributed by atoms with van der Waals surface area (Å²) in [6.07, 6.45) is 5.97. The van der Waals surface area contributed by atoms with Gasteiger partial charge in [0.1, 0.15) is 6.54 Å². The molecule has 0 spiro atoms. The lowest BCUT2D eigenvalue weighted by molar-refractivity contribution is -0.941. The predicted octanol–water partition coefficient (Wildman–Crippen LogP) is 3.37. The molecule has 0 N–H and O–H groups in total. The second kappa shape index (κ2) is 12.2. The molecule has 6 rings (SSSR count). The zero-order valence-corrected chi connectivity index (χ0v) is 23.3. The summed E-state index contributed by atoms with van der Waals surface area (Å²) in [5.74, 6) is 0.0216. The summed E-state index contributed by atoms with van der Waals surface area (Å²) in [7, 11) is 1.43. The summed E-state index contributed by atoms with van der Waals surface area (Å²) in [4.78, 5) is 15.0. The highest BCUT2D eigenvalue weighted by Gasteiger charge is 2.47. The molecule has 37 heavy (non-hydrogen) atoms. The van der Waals surface area contributed by atoms with E-state index in [2.05, 4.69) is 24.3 Å². The van der Waals surface area contributed by atoms with Gasteiger partial charge in [0.15, 0.2) is 17.7 Å². The molecule has 5 nitrogen and oxygen atoms in total. The zero-order chi connectivity index (χ0) is 25.0. The van der Waals surface area contributed by atoms with Gasteiger partial charge in [0.05, 0.1) is 39.0 Å². The summed E-state index contributed by atoms with van der Waals surface area (Å²) in [6, 6.07) is 16.9. The SMILES string of the molecule is COc1ccc(N(Cc2ccsc2)C(=O)O[C@H]2C[N+]3(C/C=C/c4ccccc4)CCC2CC3)cc1F.[Br-].